The van der Waals surface area contributed by atoms with Crippen molar-refractivity contribution in [3.05, 3.63) is 24.0 Å². The minimum atomic E-state index is -0.281. The fourth-order valence-corrected chi connectivity index (χ4v) is 2.94. The van der Waals surface area contributed by atoms with Gasteiger partial charge in [-0.05, 0) is 30.4 Å². The zero-order valence-electron chi connectivity index (χ0n) is 9.63. The van der Waals surface area contributed by atoms with Gasteiger partial charge in [-0.3, -0.25) is 4.79 Å². The van der Waals surface area contributed by atoms with Gasteiger partial charge in [-0.1, -0.05) is 0 Å². The highest BCUT2D eigenvalue weighted by Gasteiger charge is 2.16. The lowest BCUT2D eigenvalue weighted by Crippen LogP contribution is -2.19. The van der Waals surface area contributed by atoms with Crippen LogP contribution in [0.4, 0.5) is 15.8 Å². The Morgan fingerprint density at radius 1 is 1.53 bits per heavy atom. The minimum Gasteiger partial charge on any atom is -0.379 e. The summed E-state index contributed by atoms with van der Waals surface area (Å²) in [6, 6.07) is 4.89. The van der Waals surface area contributed by atoms with E-state index in [1.54, 1.807) is 12.1 Å². The maximum Gasteiger partial charge on any atom is 0.221 e. The summed E-state index contributed by atoms with van der Waals surface area (Å²) in [7, 11) is 0. The van der Waals surface area contributed by atoms with E-state index in [1.165, 1.54) is 13.0 Å². The van der Waals surface area contributed by atoms with Gasteiger partial charge in [-0.25, -0.2) is 4.39 Å². The second-order valence-corrected chi connectivity index (χ2v) is 5.23. The molecular formula is C12H15FN2OS. The number of anilines is 2. The van der Waals surface area contributed by atoms with Gasteiger partial charge in [0.25, 0.3) is 0 Å². The van der Waals surface area contributed by atoms with E-state index in [4.69, 9.17) is 0 Å². The van der Waals surface area contributed by atoms with Crippen molar-refractivity contribution in [2.24, 2.45) is 0 Å². The number of carbonyl (C=O) groups is 1. The Labute approximate surface area is 104 Å². The van der Waals surface area contributed by atoms with E-state index in [9.17, 15) is 9.18 Å². The van der Waals surface area contributed by atoms with Crippen LogP contribution in [0, 0.1) is 5.82 Å². The molecule has 1 atom stereocenters. The molecule has 1 aromatic carbocycles. The summed E-state index contributed by atoms with van der Waals surface area (Å²) < 4.78 is 13.6. The molecule has 1 saturated heterocycles. The molecule has 17 heavy (non-hydrogen) atoms. The molecule has 1 fully saturated rings. The lowest BCUT2D eigenvalue weighted by molar-refractivity contribution is -0.114. The smallest absolute Gasteiger partial charge is 0.221 e. The standard InChI is InChI=1S/C12H15FN2OS/c1-8(16)14-9-2-3-11(13)12(6-9)15-10-4-5-17-7-10/h2-3,6,10,15H,4-5,7H2,1H3,(H,14,16). The third kappa shape index (κ3) is 3.36. The number of thioether (sulfide) groups is 1. The maximum atomic E-state index is 13.6. The summed E-state index contributed by atoms with van der Waals surface area (Å²) in [5.41, 5.74) is 1.08. The second kappa shape index (κ2) is 5.40. The highest BCUT2D eigenvalue weighted by Crippen LogP contribution is 2.25. The van der Waals surface area contributed by atoms with Crippen LogP contribution in [0.3, 0.4) is 0 Å². The van der Waals surface area contributed by atoms with Crippen molar-refractivity contribution < 1.29 is 9.18 Å². The van der Waals surface area contributed by atoms with Crippen molar-refractivity contribution >= 4 is 29.0 Å². The first-order chi connectivity index (χ1) is 8.15. The number of halogens is 1. The number of benzene rings is 1. The van der Waals surface area contributed by atoms with Gasteiger partial charge in [-0.15, -0.1) is 0 Å². The van der Waals surface area contributed by atoms with Crippen LogP contribution in [0.1, 0.15) is 13.3 Å². The molecule has 0 aliphatic carbocycles. The van der Waals surface area contributed by atoms with Gasteiger partial charge in [0.2, 0.25) is 5.91 Å². The van der Waals surface area contributed by atoms with Crippen LogP contribution >= 0.6 is 11.8 Å². The van der Waals surface area contributed by atoms with Gasteiger partial charge in [0.1, 0.15) is 5.82 Å². The molecule has 0 radical (unpaired) electrons. The average molecular weight is 254 g/mol. The van der Waals surface area contributed by atoms with Gasteiger partial charge in [-0.2, -0.15) is 11.8 Å². The zero-order chi connectivity index (χ0) is 12.3. The largest absolute Gasteiger partial charge is 0.379 e. The molecule has 5 heteroatoms. The SMILES string of the molecule is CC(=O)Nc1ccc(F)c(NC2CCSC2)c1. The Hall–Kier alpha value is -1.23. The molecule has 2 rings (SSSR count). The third-order valence-corrected chi connectivity index (χ3v) is 3.74. The Bertz CT molecular complexity index is 419. The fraction of sp³-hybridized carbons (Fsp3) is 0.417. The summed E-state index contributed by atoms with van der Waals surface area (Å²) in [4.78, 5) is 10.9. The minimum absolute atomic E-state index is 0.154. The molecule has 0 bridgehead atoms. The Balaban J connectivity index is 2.10. The predicted molar refractivity (Wildman–Crippen MR) is 70.1 cm³/mol. The van der Waals surface area contributed by atoms with Crippen LogP contribution in [-0.2, 0) is 4.79 Å². The Kier molecular flexibility index (Phi) is 3.89. The first-order valence-corrected chi connectivity index (χ1v) is 6.72. The van der Waals surface area contributed by atoms with E-state index in [2.05, 4.69) is 10.6 Å². The van der Waals surface area contributed by atoms with E-state index in [1.807, 2.05) is 11.8 Å². The second-order valence-electron chi connectivity index (χ2n) is 4.08. The number of amides is 1. The Morgan fingerprint density at radius 2 is 2.35 bits per heavy atom. The predicted octanol–water partition coefficient (Wildman–Crippen LogP) is 2.70. The number of hydrogen-bond donors (Lipinski definition) is 2. The van der Waals surface area contributed by atoms with Gasteiger partial charge in [0, 0.05) is 24.4 Å². The van der Waals surface area contributed by atoms with E-state index in [-0.39, 0.29) is 11.7 Å². The molecule has 92 valence electrons. The van der Waals surface area contributed by atoms with Gasteiger partial charge in [0.05, 0.1) is 5.69 Å². The quantitative estimate of drug-likeness (QED) is 0.871. The molecule has 0 aromatic heterocycles. The van der Waals surface area contributed by atoms with E-state index < -0.39 is 0 Å². The van der Waals surface area contributed by atoms with Crippen LogP contribution in [-0.4, -0.2) is 23.5 Å². The molecule has 1 heterocycles. The van der Waals surface area contributed by atoms with Crippen molar-refractivity contribution in [2.45, 2.75) is 19.4 Å². The van der Waals surface area contributed by atoms with Crippen LogP contribution in [0.25, 0.3) is 0 Å². The average Bonchev–Trinajstić information content (AvgIpc) is 2.75. The number of rotatable bonds is 3. The molecule has 1 aliphatic heterocycles. The van der Waals surface area contributed by atoms with Crippen molar-refractivity contribution in [3.8, 4) is 0 Å². The molecule has 0 saturated carbocycles. The van der Waals surface area contributed by atoms with Gasteiger partial charge >= 0.3 is 0 Å². The molecule has 1 unspecified atom stereocenters. The van der Waals surface area contributed by atoms with Crippen molar-refractivity contribution in [2.75, 3.05) is 22.1 Å². The van der Waals surface area contributed by atoms with Gasteiger partial charge < -0.3 is 10.6 Å². The summed E-state index contributed by atoms with van der Waals surface area (Å²) in [5, 5.41) is 5.82. The molecule has 1 amide bonds. The van der Waals surface area contributed by atoms with Crippen LogP contribution in [0.5, 0.6) is 0 Å². The lowest BCUT2D eigenvalue weighted by Gasteiger charge is -2.14. The van der Waals surface area contributed by atoms with Gasteiger partial charge in [0.15, 0.2) is 0 Å². The van der Waals surface area contributed by atoms with E-state index in [0.717, 1.165) is 17.9 Å². The molecular weight excluding hydrogens is 239 g/mol. The van der Waals surface area contributed by atoms with E-state index in [0.29, 0.717) is 17.4 Å². The molecule has 1 aliphatic rings. The van der Waals surface area contributed by atoms with Crippen LogP contribution < -0.4 is 10.6 Å². The lowest BCUT2D eigenvalue weighted by atomic mass is 10.2. The topological polar surface area (TPSA) is 41.1 Å². The first-order valence-electron chi connectivity index (χ1n) is 5.56. The molecule has 1 aromatic rings. The van der Waals surface area contributed by atoms with Crippen LogP contribution in [0.15, 0.2) is 18.2 Å². The maximum absolute atomic E-state index is 13.6. The monoisotopic (exact) mass is 254 g/mol. The fourth-order valence-electron chi connectivity index (χ4n) is 1.79. The zero-order valence-corrected chi connectivity index (χ0v) is 10.4. The highest BCUT2D eigenvalue weighted by molar-refractivity contribution is 7.99. The summed E-state index contributed by atoms with van der Waals surface area (Å²) >= 11 is 1.87. The molecule has 0 spiro atoms. The van der Waals surface area contributed by atoms with Crippen molar-refractivity contribution in [1.29, 1.82) is 0 Å². The summed E-state index contributed by atoms with van der Waals surface area (Å²) in [5.74, 6) is 1.68. The summed E-state index contributed by atoms with van der Waals surface area (Å²) in [6.07, 6.45) is 1.05. The van der Waals surface area contributed by atoms with Crippen molar-refractivity contribution in [3.63, 3.8) is 0 Å². The highest BCUT2D eigenvalue weighted by atomic mass is 32.2. The first kappa shape index (κ1) is 12.2. The molecule has 3 nitrogen and oxygen atoms in total. The number of carbonyl (C=O) groups excluding carboxylic acids is 1. The van der Waals surface area contributed by atoms with Crippen molar-refractivity contribution in [1.82, 2.24) is 0 Å². The Morgan fingerprint density at radius 3 is 3.00 bits per heavy atom. The third-order valence-electron chi connectivity index (χ3n) is 2.58. The number of nitrogens with one attached hydrogen (secondary N) is 2. The summed E-state index contributed by atoms with van der Waals surface area (Å²) in [6.45, 7) is 1.43. The molecule has 2 N–H and O–H groups in total. The normalized spacial score (nSPS) is 19.1. The van der Waals surface area contributed by atoms with Crippen LogP contribution in [0.2, 0.25) is 0 Å². The van der Waals surface area contributed by atoms with E-state index >= 15 is 0 Å². The number of hydrogen-bond acceptors (Lipinski definition) is 3.